The maximum absolute atomic E-state index is 11.7. The van der Waals surface area contributed by atoms with Crippen LogP contribution in [-0.4, -0.2) is 31.7 Å². The van der Waals surface area contributed by atoms with E-state index in [1.807, 2.05) is 0 Å². The van der Waals surface area contributed by atoms with E-state index < -0.39 is 10.8 Å². The van der Waals surface area contributed by atoms with Gasteiger partial charge in [-0.05, 0) is 25.0 Å². The molecule has 0 amide bonds. The second kappa shape index (κ2) is 5.24. The fourth-order valence-corrected chi connectivity index (χ4v) is 3.71. The quantitative estimate of drug-likeness (QED) is 0.712. The number of anilines is 2. The van der Waals surface area contributed by atoms with Crippen LogP contribution in [-0.2, 0) is 10.8 Å². The average molecular weight is 292 g/mol. The summed E-state index contributed by atoms with van der Waals surface area (Å²) in [6.45, 7) is 0. The van der Waals surface area contributed by atoms with Crippen LogP contribution < -0.4 is 16.6 Å². The number of fused-ring (bicyclic) bond motifs is 1. The number of rotatable bonds is 2. The summed E-state index contributed by atoms with van der Waals surface area (Å²) in [6, 6.07) is 3.71. The summed E-state index contributed by atoms with van der Waals surface area (Å²) in [4.78, 5) is 18.3. The van der Waals surface area contributed by atoms with E-state index in [1.165, 1.54) is 6.33 Å². The number of nitrogens with two attached hydrogens (primary N) is 1. The molecule has 1 saturated heterocycles. The molecule has 0 saturated carbocycles. The second-order valence-electron chi connectivity index (χ2n) is 4.95. The minimum absolute atomic E-state index is 0.193. The van der Waals surface area contributed by atoms with Crippen LogP contribution in [0.4, 0.5) is 11.4 Å². The molecule has 106 valence electrons. The Morgan fingerprint density at radius 3 is 2.85 bits per heavy atom. The van der Waals surface area contributed by atoms with E-state index >= 15 is 0 Å². The molecule has 6 nitrogen and oxygen atoms in total. The van der Waals surface area contributed by atoms with Crippen molar-refractivity contribution >= 4 is 33.1 Å². The summed E-state index contributed by atoms with van der Waals surface area (Å²) in [5.74, 6) is 1.45. The van der Waals surface area contributed by atoms with Gasteiger partial charge in [-0.25, -0.2) is 4.98 Å². The van der Waals surface area contributed by atoms with E-state index in [-0.39, 0.29) is 11.6 Å². The summed E-state index contributed by atoms with van der Waals surface area (Å²) in [6.07, 6.45) is 3.12. The van der Waals surface area contributed by atoms with Crippen molar-refractivity contribution in [1.82, 2.24) is 9.97 Å². The second-order valence-corrected chi connectivity index (χ2v) is 6.65. The Morgan fingerprint density at radius 1 is 1.35 bits per heavy atom. The molecule has 0 spiro atoms. The number of hydrogen-bond acceptors (Lipinski definition) is 5. The molecule has 0 radical (unpaired) electrons. The first-order valence-electron chi connectivity index (χ1n) is 6.52. The van der Waals surface area contributed by atoms with Crippen LogP contribution >= 0.6 is 0 Å². The highest BCUT2D eigenvalue weighted by Crippen LogP contribution is 2.25. The molecule has 1 fully saturated rings. The van der Waals surface area contributed by atoms with Gasteiger partial charge in [0, 0.05) is 28.3 Å². The first-order chi connectivity index (χ1) is 9.63. The number of hydrogen-bond donors (Lipinski definition) is 3. The molecule has 7 heteroatoms. The molecule has 0 aliphatic carbocycles. The van der Waals surface area contributed by atoms with Crippen molar-refractivity contribution in [2.45, 2.75) is 18.9 Å². The van der Waals surface area contributed by atoms with E-state index in [9.17, 15) is 9.00 Å². The van der Waals surface area contributed by atoms with E-state index in [2.05, 4.69) is 15.3 Å². The lowest BCUT2D eigenvalue weighted by atomic mass is 10.1. The Kier molecular flexibility index (Phi) is 3.43. The molecule has 2 aromatic rings. The molecule has 1 aromatic heterocycles. The van der Waals surface area contributed by atoms with Crippen molar-refractivity contribution in [3.05, 3.63) is 28.8 Å². The van der Waals surface area contributed by atoms with Crippen molar-refractivity contribution in [2.24, 2.45) is 0 Å². The fourth-order valence-electron chi connectivity index (χ4n) is 2.41. The van der Waals surface area contributed by atoms with Crippen molar-refractivity contribution in [2.75, 3.05) is 22.6 Å². The lowest BCUT2D eigenvalue weighted by molar-refractivity contribution is 0.624. The van der Waals surface area contributed by atoms with Gasteiger partial charge in [-0.3, -0.25) is 9.00 Å². The van der Waals surface area contributed by atoms with Crippen LogP contribution in [0.5, 0.6) is 0 Å². The van der Waals surface area contributed by atoms with Crippen LogP contribution in [0, 0.1) is 0 Å². The summed E-state index contributed by atoms with van der Waals surface area (Å²) in [7, 11) is -0.679. The van der Waals surface area contributed by atoms with Crippen LogP contribution in [0.1, 0.15) is 12.8 Å². The van der Waals surface area contributed by atoms with Gasteiger partial charge in [-0.2, -0.15) is 0 Å². The zero-order valence-corrected chi connectivity index (χ0v) is 11.7. The SMILES string of the molecule is Nc1cc2c(=O)[nH]cnc2cc1NC1CCS(=O)CC1. The summed E-state index contributed by atoms with van der Waals surface area (Å²) >= 11 is 0. The lowest BCUT2D eigenvalue weighted by Crippen LogP contribution is -2.29. The molecule has 0 atom stereocenters. The number of H-pyrrole nitrogens is 1. The molecule has 2 heterocycles. The van der Waals surface area contributed by atoms with Gasteiger partial charge in [0.2, 0.25) is 0 Å². The monoisotopic (exact) mass is 292 g/mol. The largest absolute Gasteiger partial charge is 0.397 e. The van der Waals surface area contributed by atoms with E-state index in [1.54, 1.807) is 12.1 Å². The Hall–Kier alpha value is -1.89. The van der Waals surface area contributed by atoms with E-state index in [0.717, 1.165) is 30.0 Å². The van der Waals surface area contributed by atoms with Gasteiger partial charge in [-0.15, -0.1) is 0 Å². The van der Waals surface area contributed by atoms with Gasteiger partial charge in [0.15, 0.2) is 0 Å². The van der Waals surface area contributed by atoms with Crippen molar-refractivity contribution < 1.29 is 4.21 Å². The predicted molar refractivity (Wildman–Crippen MR) is 81.3 cm³/mol. The molecule has 0 unspecified atom stereocenters. The highest BCUT2D eigenvalue weighted by molar-refractivity contribution is 7.85. The molecule has 1 aliphatic heterocycles. The van der Waals surface area contributed by atoms with Crippen molar-refractivity contribution in [3.63, 3.8) is 0 Å². The number of benzene rings is 1. The van der Waals surface area contributed by atoms with Gasteiger partial charge < -0.3 is 16.0 Å². The number of nitrogens with zero attached hydrogens (tertiary/aromatic N) is 1. The maximum atomic E-state index is 11.7. The summed E-state index contributed by atoms with van der Waals surface area (Å²) < 4.78 is 11.4. The average Bonchev–Trinajstić information content (AvgIpc) is 2.43. The first kappa shape index (κ1) is 13.1. The van der Waals surface area contributed by atoms with E-state index in [4.69, 9.17) is 5.73 Å². The first-order valence-corrected chi connectivity index (χ1v) is 8.01. The summed E-state index contributed by atoms with van der Waals surface area (Å²) in [5, 5.41) is 3.86. The third-order valence-corrected chi connectivity index (χ3v) is 4.94. The molecule has 0 bridgehead atoms. The minimum Gasteiger partial charge on any atom is -0.397 e. The van der Waals surface area contributed by atoms with Gasteiger partial charge >= 0.3 is 0 Å². The topological polar surface area (TPSA) is 101 Å². The number of aromatic amines is 1. The Bertz CT molecular complexity index is 718. The van der Waals surface area contributed by atoms with Crippen LogP contribution in [0.3, 0.4) is 0 Å². The molecule has 1 aliphatic rings. The third kappa shape index (κ3) is 2.53. The Morgan fingerprint density at radius 2 is 2.10 bits per heavy atom. The highest BCUT2D eigenvalue weighted by Gasteiger charge is 2.18. The summed E-state index contributed by atoms with van der Waals surface area (Å²) in [5.41, 5.74) is 7.74. The van der Waals surface area contributed by atoms with Gasteiger partial charge in [0.25, 0.3) is 5.56 Å². The van der Waals surface area contributed by atoms with Gasteiger partial charge in [-0.1, -0.05) is 0 Å². The lowest BCUT2D eigenvalue weighted by Gasteiger charge is -2.24. The zero-order chi connectivity index (χ0) is 14.1. The Labute approximate surface area is 118 Å². The third-order valence-electron chi connectivity index (χ3n) is 3.56. The standard InChI is InChI=1S/C13H16N4O2S/c14-10-5-9-11(15-7-16-13(9)18)6-12(10)17-8-1-3-20(19)4-2-8/h5-8,17H,1-4,14H2,(H,15,16,18). The highest BCUT2D eigenvalue weighted by atomic mass is 32.2. The number of nitrogens with one attached hydrogen (secondary N) is 2. The Balaban J connectivity index is 1.90. The van der Waals surface area contributed by atoms with Crippen LogP contribution in [0.2, 0.25) is 0 Å². The maximum Gasteiger partial charge on any atom is 0.258 e. The molecular weight excluding hydrogens is 276 g/mol. The van der Waals surface area contributed by atoms with Gasteiger partial charge in [0.1, 0.15) is 0 Å². The van der Waals surface area contributed by atoms with E-state index in [0.29, 0.717) is 16.6 Å². The zero-order valence-electron chi connectivity index (χ0n) is 10.9. The molecule has 20 heavy (non-hydrogen) atoms. The van der Waals surface area contributed by atoms with Crippen molar-refractivity contribution in [1.29, 1.82) is 0 Å². The normalized spacial score (nSPS) is 22.8. The molecule has 3 rings (SSSR count). The van der Waals surface area contributed by atoms with Gasteiger partial charge in [0.05, 0.1) is 28.6 Å². The number of aromatic nitrogens is 2. The minimum atomic E-state index is -0.679. The fraction of sp³-hybridized carbons (Fsp3) is 0.385. The molecule has 4 N–H and O–H groups in total. The van der Waals surface area contributed by atoms with Crippen molar-refractivity contribution in [3.8, 4) is 0 Å². The van der Waals surface area contributed by atoms with Crippen LogP contribution in [0.25, 0.3) is 10.9 Å². The smallest absolute Gasteiger partial charge is 0.258 e. The molecular formula is C13H16N4O2S. The molecule has 1 aromatic carbocycles. The van der Waals surface area contributed by atoms with Crippen LogP contribution in [0.15, 0.2) is 23.3 Å². The number of nitrogen functional groups attached to an aromatic ring is 1. The predicted octanol–water partition coefficient (Wildman–Crippen LogP) is 0.828.